The van der Waals surface area contributed by atoms with Crippen LogP contribution in [0.4, 0.5) is 5.69 Å². The first kappa shape index (κ1) is 19.5. The molecule has 1 N–H and O–H groups in total. The van der Waals surface area contributed by atoms with Gasteiger partial charge in [-0.05, 0) is 49.7 Å². The van der Waals surface area contributed by atoms with Crippen molar-refractivity contribution >= 4 is 26.6 Å². The van der Waals surface area contributed by atoms with E-state index in [1.54, 1.807) is 39.1 Å². The zero-order valence-corrected chi connectivity index (χ0v) is 16.7. The zero-order valence-electron chi connectivity index (χ0n) is 15.9. The summed E-state index contributed by atoms with van der Waals surface area (Å²) in [5, 5.41) is 9.67. The molecule has 0 saturated carbocycles. The maximum absolute atomic E-state index is 12.9. The summed E-state index contributed by atoms with van der Waals surface area (Å²) in [4.78, 5) is 12.2. The molecule has 28 heavy (non-hydrogen) atoms. The lowest BCUT2D eigenvalue weighted by Crippen LogP contribution is -2.19. The predicted octanol–water partition coefficient (Wildman–Crippen LogP) is 2.84. The van der Waals surface area contributed by atoms with Crippen molar-refractivity contribution in [1.82, 2.24) is 4.57 Å². The first-order valence-corrected chi connectivity index (χ1v) is 9.88. The van der Waals surface area contributed by atoms with E-state index in [2.05, 4.69) is 4.72 Å². The number of anilines is 1. The molecule has 0 atom stereocenters. The summed E-state index contributed by atoms with van der Waals surface area (Å²) >= 11 is 0. The summed E-state index contributed by atoms with van der Waals surface area (Å²) in [6.45, 7) is 3.34. The van der Waals surface area contributed by atoms with Gasteiger partial charge < -0.3 is 9.30 Å². The SMILES string of the molecule is COc1cc2c(cc1NS(=O)(=O)c1ccc(C#N)cc1C)cc(C)c(=O)n2C. The fraction of sp³-hybridized carbons (Fsp3) is 0.200. The molecule has 2 aromatic carbocycles. The highest BCUT2D eigenvalue weighted by atomic mass is 32.2. The zero-order chi connectivity index (χ0) is 20.6. The molecule has 0 unspecified atom stereocenters. The molecule has 3 rings (SSSR count). The van der Waals surface area contributed by atoms with E-state index in [1.807, 2.05) is 6.07 Å². The highest BCUT2D eigenvalue weighted by Gasteiger charge is 2.20. The average Bonchev–Trinajstić information content (AvgIpc) is 2.65. The smallest absolute Gasteiger partial charge is 0.262 e. The summed E-state index contributed by atoms with van der Waals surface area (Å²) in [6, 6.07) is 11.3. The van der Waals surface area contributed by atoms with Gasteiger partial charge in [0.15, 0.2) is 0 Å². The molecular formula is C20H19N3O4S. The van der Waals surface area contributed by atoms with Gasteiger partial charge >= 0.3 is 0 Å². The van der Waals surface area contributed by atoms with Gasteiger partial charge in [-0.15, -0.1) is 0 Å². The summed E-state index contributed by atoms with van der Waals surface area (Å²) in [5.41, 5.74) is 2.16. The van der Waals surface area contributed by atoms with Crippen LogP contribution in [0.25, 0.3) is 10.9 Å². The Morgan fingerprint density at radius 2 is 1.82 bits per heavy atom. The minimum absolute atomic E-state index is 0.0743. The van der Waals surface area contributed by atoms with Crippen LogP contribution in [0.1, 0.15) is 16.7 Å². The number of aromatic nitrogens is 1. The fourth-order valence-electron chi connectivity index (χ4n) is 3.13. The van der Waals surface area contributed by atoms with Gasteiger partial charge in [0, 0.05) is 24.1 Å². The van der Waals surface area contributed by atoms with Gasteiger partial charge in [-0.3, -0.25) is 9.52 Å². The monoisotopic (exact) mass is 397 g/mol. The summed E-state index contributed by atoms with van der Waals surface area (Å²) < 4.78 is 35.2. The Morgan fingerprint density at radius 1 is 1.11 bits per heavy atom. The number of hydrogen-bond donors (Lipinski definition) is 1. The molecule has 0 aliphatic heterocycles. The van der Waals surface area contributed by atoms with Crippen molar-refractivity contribution in [2.75, 3.05) is 11.8 Å². The Hall–Kier alpha value is -3.31. The van der Waals surface area contributed by atoms with Gasteiger partial charge in [-0.25, -0.2) is 8.42 Å². The number of benzene rings is 2. The largest absolute Gasteiger partial charge is 0.494 e. The van der Waals surface area contributed by atoms with Crippen molar-refractivity contribution in [1.29, 1.82) is 5.26 Å². The fourth-order valence-corrected chi connectivity index (χ4v) is 4.42. The second-order valence-corrected chi connectivity index (χ2v) is 8.15. The number of pyridine rings is 1. The third-order valence-electron chi connectivity index (χ3n) is 4.56. The Kier molecular flexibility index (Phi) is 4.87. The van der Waals surface area contributed by atoms with Crippen LogP contribution in [-0.4, -0.2) is 20.1 Å². The van der Waals surface area contributed by atoms with Crippen LogP contribution >= 0.6 is 0 Å². The van der Waals surface area contributed by atoms with Crippen LogP contribution < -0.4 is 15.0 Å². The molecule has 1 heterocycles. The molecule has 0 spiro atoms. The lowest BCUT2D eigenvalue weighted by Gasteiger charge is -2.16. The number of sulfonamides is 1. The van der Waals surface area contributed by atoms with Gasteiger partial charge in [0.05, 0.1) is 34.8 Å². The number of nitriles is 1. The van der Waals surface area contributed by atoms with Gasteiger partial charge in [0.2, 0.25) is 0 Å². The number of rotatable bonds is 4. The molecule has 1 aromatic heterocycles. The topological polar surface area (TPSA) is 101 Å². The number of nitrogens with one attached hydrogen (secondary N) is 1. The van der Waals surface area contributed by atoms with E-state index in [0.29, 0.717) is 33.3 Å². The maximum Gasteiger partial charge on any atom is 0.262 e. The highest BCUT2D eigenvalue weighted by Crippen LogP contribution is 2.32. The van der Waals surface area contributed by atoms with Crippen molar-refractivity contribution in [2.24, 2.45) is 7.05 Å². The van der Waals surface area contributed by atoms with Crippen molar-refractivity contribution in [3.63, 3.8) is 0 Å². The van der Waals surface area contributed by atoms with Crippen LogP contribution in [0.2, 0.25) is 0 Å². The van der Waals surface area contributed by atoms with Crippen molar-refractivity contribution in [3.05, 3.63) is 63.4 Å². The van der Waals surface area contributed by atoms with Crippen molar-refractivity contribution in [2.45, 2.75) is 18.7 Å². The number of nitrogens with zero attached hydrogens (tertiary/aromatic N) is 2. The molecule has 0 amide bonds. The summed E-state index contributed by atoms with van der Waals surface area (Å²) in [5.74, 6) is 0.293. The minimum atomic E-state index is -3.91. The van der Waals surface area contributed by atoms with Gasteiger partial charge in [0.25, 0.3) is 15.6 Å². The normalized spacial score (nSPS) is 11.2. The number of aryl methyl sites for hydroxylation is 3. The molecule has 7 nitrogen and oxygen atoms in total. The van der Waals surface area contributed by atoms with Gasteiger partial charge in [-0.2, -0.15) is 5.26 Å². The molecule has 3 aromatic rings. The van der Waals surface area contributed by atoms with E-state index in [1.165, 1.54) is 29.9 Å². The number of hydrogen-bond acceptors (Lipinski definition) is 5. The van der Waals surface area contributed by atoms with E-state index >= 15 is 0 Å². The summed E-state index contributed by atoms with van der Waals surface area (Å²) in [7, 11) is -0.824. The second-order valence-electron chi connectivity index (χ2n) is 6.50. The highest BCUT2D eigenvalue weighted by molar-refractivity contribution is 7.92. The predicted molar refractivity (Wildman–Crippen MR) is 107 cm³/mol. The molecule has 144 valence electrons. The van der Waals surface area contributed by atoms with Crippen LogP contribution in [0.5, 0.6) is 5.75 Å². The lowest BCUT2D eigenvalue weighted by molar-refractivity contribution is 0.417. The van der Waals surface area contributed by atoms with Crippen molar-refractivity contribution < 1.29 is 13.2 Å². The minimum Gasteiger partial charge on any atom is -0.494 e. The molecule has 0 fully saturated rings. The van der Waals surface area contributed by atoms with E-state index in [4.69, 9.17) is 10.00 Å². The van der Waals surface area contributed by atoms with E-state index in [9.17, 15) is 13.2 Å². The third kappa shape index (κ3) is 3.32. The standard InChI is InChI=1S/C20H19N3O4S/c1-12-7-14(11-21)5-6-19(12)28(25,26)22-16-9-15-8-13(2)20(24)23(3)17(15)10-18(16)27-4/h5-10,22H,1-4H3. The second kappa shape index (κ2) is 7.02. The molecule has 0 saturated heterocycles. The Labute approximate surface area is 162 Å². The molecule has 0 radical (unpaired) electrons. The molecule has 0 aliphatic carbocycles. The summed E-state index contributed by atoms with van der Waals surface area (Å²) in [6.07, 6.45) is 0. The Balaban J connectivity index is 2.14. The quantitative estimate of drug-likeness (QED) is 0.729. The molecular weight excluding hydrogens is 378 g/mol. The van der Waals surface area contributed by atoms with Crippen LogP contribution in [0.15, 0.2) is 46.1 Å². The van der Waals surface area contributed by atoms with Gasteiger partial charge in [-0.1, -0.05) is 0 Å². The van der Waals surface area contributed by atoms with Crippen LogP contribution in [0.3, 0.4) is 0 Å². The Morgan fingerprint density at radius 3 is 2.43 bits per heavy atom. The van der Waals surface area contributed by atoms with E-state index < -0.39 is 10.0 Å². The third-order valence-corrected chi connectivity index (χ3v) is 6.09. The first-order valence-electron chi connectivity index (χ1n) is 8.40. The van der Waals surface area contributed by atoms with E-state index in [-0.39, 0.29) is 16.1 Å². The molecule has 8 heteroatoms. The lowest BCUT2D eigenvalue weighted by atomic mass is 10.1. The average molecular weight is 397 g/mol. The number of fused-ring (bicyclic) bond motifs is 1. The van der Waals surface area contributed by atoms with Crippen molar-refractivity contribution in [3.8, 4) is 11.8 Å². The molecule has 0 bridgehead atoms. The van der Waals surface area contributed by atoms with Gasteiger partial charge in [0.1, 0.15) is 5.75 Å². The first-order chi connectivity index (χ1) is 13.2. The Bertz CT molecular complexity index is 1300. The number of methoxy groups -OCH3 is 1. The van der Waals surface area contributed by atoms with E-state index in [0.717, 1.165) is 0 Å². The molecule has 0 aliphatic rings. The maximum atomic E-state index is 12.9. The number of ether oxygens (including phenoxy) is 1. The van der Waals surface area contributed by atoms with Crippen LogP contribution in [-0.2, 0) is 17.1 Å². The van der Waals surface area contributed by atoms with Crippen LogP contribution in [0, 0.1) is 25.2 Å².